The van der Waals surface area contributed by atoms with Crippen LogP contribution in [0.15, 0.2) is 52.3 Å². The van der Waals surface area contributed by atoms with Gasteiger partial charge < -0.3 is 5.32 Å². The van der Waals surface area contributed by atoms with Crippen LogP contribution in [0.4, 0.5) is 5.69 Å². The lowest BCUT2D eigenvalue weighted by atomic mass is 10.2. The van der Waals surface area contributed by atoms with Gasteiger partial charge in [0.15, 0.2) is 0 Å². The highest BCUT2D eigenvalue weighted by molar-refractivity contribution is 8.00. The Morgan fingerprint density at radius 2 is 1.72 bits per heavy atom. The van der Waals surface area contributed by atoms with Crippen molar-refractivity contribution in [3.8, 4) is 0 Å². The van der Waals surface area contributed by atoms with Crippen LogP contribution in [0.2, 0.25) is 0 Å². The quantitative estimate of drug-likeness (QED) is 0.784. The van der Waals surface area contributed by atoms with Crippen molar-refractivity contribution >= 4 is 33.4 Å². The van der Waals surface area contributed by atoms with Crippen molar-refractivity contribution in [3.63, 3.8) is 0 Å². The number of hydrogen-bond donors (Lipinski definition) is 1. The molecule has 0 unspecified atom stereocenters. The van der Waals surface area contributed by atoms with Gasteiger partial charge in [0.1, 0.15) is 0 Å². The first-order valence-corrected chi connectivity index (χ1v) is 10.1. The highest BCUT2D eigenvalue weighted by atomic mass is 32.2. The zero-order valence-electron chi connectivity index (χ0n) is 14.7. The molecule has 134 valence electrons. The van der Waals surface area contributed by atoms with E-state index < -0.39 is 10.0 Å². The molecule has 1 amide bonds. The van der Waals surface area contributed by atoms with Gasteiger partial charge in [-0.3, -0.25) is 4.79 Å². The number of aryl methyl sites for hydroxylation is 2. The zero-order chi connectivity index (χ0) is 18.6. The molecule has 0 aliphatic carbocycles. The maximum absolute atomic E-state index is 12.1. The van der Waals surface area contributed by atoms with E-state index >= 15 is 0 Å². The summed E-state index contributed by atoms with van der Waals surface area (Å²) >= 11 is 1.48. The molecule has 25 heavy (non-hydrogen) atoms. The second kappa shape index (κ2) is 8.03. The maximum atomic E-state index is 12.1. The number of nitrogens with zero attached hydrogens (tertiary/aromatic N) is 1. The predicted molar refractivity (Wildman–Crippen MR) is 103 cm³/mol. The first-order valence-electron chi connectivity index (χ1n) is 7.72. The average Bonchev–Trinajstić information content (AvgIpc) is 2.54. The summed E-state index contributed by atoms with van der Waals surface area (Å²) in [7, 11) is -0.497. The van der Waals surface area contributed by atoms with E-state index in [4.69, 9.17) is 0 Å². The van der Waals surface area contributed by atoms with Gasteiger partial charge in [-0.1, -0.05) is 17.7 Å². The molecule has 0 fully saturated rings. The van der Waals surface area contributed by atoms with E-state index in [0.717, 1.165) is 14.8 Å². The van der Waals surface area contributed by atoms with Crippen LogP contribution in [0.5, 0.6) is 0 Å². The number of benzene rings is 2. The number of nitrogens with one attached hydrogen (secondary N) is 1. The van der Waals surface area contributed by atoms with E-state index in [1.165, 1.54) is 43.6 Å². The molecular weight excluding hydrogens is 356 g/mol. The van der Waals surface area contributed by atoms with Crippen molar-refractivity contribution in [2.24, 2.45) is 0 Å². The summed E-state index contributed by atoms with van der Waals surface area (Å²) in [5.41, 5.74) is 2.92. The first-order chi connectivity index (χ1) is 11.7. The third-order valence-electron chi connectivity index (χ3n) is 3.61. The van der Waals surface area contributed by atoms with E-state index in [2.05, 4.69) is 11.4 Å². The topological polar surface area (TPSA) is 66.5 Å². The summed E-state index contributed by atoms with van der Waals surface area (Å²) < 4.78 is 25.2. The van der Waals surface area contributed by atoms with Gasteiger partial charge in [-0.2, -0.15) is 0 Å². The van der Waals surface area contributed by atoms with Crippen LogP contribution in [0.25, 0.3) is 0 Å². The molecule has 2 aromatic rings. The minimum Gasteiger partial charge on any atom is -0.325 e. The molecule has 1 N–H and O–H groups in total. The highest BCUT2D eigenvalue weighted by Gasteiger charge is 2.16. The Balaban J connectivity index is 1.97. The molecule has 0 spiro atoms. The largest absolute Gasteiger partial charge is 0.325 e. The van der Waals surface area contributed by atoms with Gasteiger partial charge in [-0.25, -0.2) is 12.7 Å². The Labute approximate surface area is 153 Å². The molecule has 0 saturated heterocycles. The lowest BCUT2D eigenvalue weighted by molar-refractivity contribution is -0.113. The van der Waals surface area contributed by atoms with Gasteiger partial charge in [-0.05, 0) is 49.7 Å². The van der Waals surface area contributed by atoms with Crippen LogP contribution in [0.1, 0.15) is 11.1 Å². The van der Waals surface area contributed by atoms with Crippen molar-refractivity contribution in [3.05, 3.63) is 53.6 Å². The lowest BCUT2D eigenvalue weighted by Crippen LogP contribution is -2.22. The molecule has 0 heterocycles. The lowest BCUT2D eigenvalue weighted by Gasteiger charge is -2.12. The van der Waals surface area contributed by atoms with Gasteiger partial charge in [0.2, 0.25) is 15.9 Å². The van der Waals surface area contributed by atoms with Gasteiger partial charge in [0.25, 0.3) is 0 Å². The molecule has 0 saturated carbocycles. The molecule has 0 radical (unpaired) electrons. The average molecular weight is 379 g/mol. The first kappa shape index (κ1) is 19.5. The summed E-state index contributed by atoms with van der Waals surface area (Å²) in [6.07, 6.45) is 0. The Bertz CT molecular complexity index is 860. The Morgan fingerprint density at radius 3 is 2.28 bits per heavy atom. The van der Waals surface area contributed by atoms with Gasteiger partial charge in [0.05, 0.1) is 10.6 Å². The summed E-state index contributed by atoms with van der Waals surface area (Å²) in [6, 6.07) is 12.3. The summed E-state index contributed by atoms with van der Waals surface area (Å²) in [5, 5.41) is 2.78. The predicted octanol–water partition coefficient (Wildman–Crippen LogP) is 3.28. The van der Waals surface area contributed by atoms with Crippen LogP contribution >= 0.6 is 11.8 Å². The second-order valence-electron chi connectivity index (χ2n) is 5.92. The van der Waals surface area contributed by atoms with Crippen molar-refractivity contribution in [1.29, 1.82) is 0 Å². The second-order valence-corrected chi connectivity index (χ2v) is 9.09. The fourth-order valence-corrected chi connectivity index (χ4v) is 3.93. The highest BCUT2D eigenvalue weighted by Crippen LogP contribution is 2.23. The summed E-state index contributed by atoms with van der Waals surface area (Å²) in [4.78, 5) is 13.4. The van der Waals surface area contributed by atoms with Crippen LogP contribution in [-0.2, 0) is 14.8 Å². The molecule has 0 atom stereocenters. The third kappa shape index (κ3) is 5.07. The van der Waals surface area contributed by atoms with E-state index in [1.807, 2.05) is 26.0 Å². The van der Waals surface area contributed by atoms with E-state index in [1.54, 1.807) is 12.1 Å². The number of carbonyl (C=O) groups excluding carboxylic acids is 1. The van der Waals surface area contributed by atoms with Gasteiger partial charge >= 0.3 is 0 Å². The monoisotopic (exact) mass is 378 g/mol. The minimum absolute atomic E-state index is 0.131. The molecule has 0 aliphatic rings. The maximum Gasteiger partial charge on any atom is 0.242 e. The number of amides is 1. The minimum atomic E-state index is -3.46. The van der Waals surface area contributed by atoms with E-state index in [-0.39, 0.29) is 10.8 Å². The standard InChI is InChI=1S/C18H22N2O3S2/c1-13-5-10-17(14(2)11-13)24-12-18(21)19-15-6-8-16(9-7-15)25(22,23)20(3)4/h5-11H,12H2,1-4H3,(H,19,21). The van der Waals surface area contributed by atoms with Crippen molar-refractivity contribution < 1.29 is 13.2 Å². The molecule has 2 aromatic carbocycles. The number of sulfonamides is 1. The fourth-order valence-electron chi connectivity index (χ4n) is 2.22. The molecule has 2 rings (SSSR count). The van der Waals surface area contributed by atoms with E-state index in [0.29, 0.717) is 11.4 Å². The number of hydrogen-bond acceptors (Lipinski definition) is 4. The van der Waals surface area contributed by atoms with Crippen molar-refractivity contribution in [2.75, 3.05) is 25.2 Å². The molecular formula is C18H22N2O3S2. The van der Waals surface area contributed by atoms with Gasteiger partial charge in [-0.15, -0.1) is 11.8 Å². The number of thioether (sulfide) groups is 1. The SMILES string of the molecule is Cc1ccc(SCC(=O)Nc2ccc(S(=O)(=O)N(C)C)cc2)c(C)c1. The number of rotatable bonds is 6. The van der Waals surface area contributed by atoms with Crippen LogP contribution in [0.3, 0.4) is 0 Å². The van der Waals surface area contributed by atoms with Crippen molar-refractivity contribution in [1.82, 2.24) is 4.31 Å². The Morgan fingerprint density at radius 1 is 1.08 bits per heavy atom. The normalized spacial score (nSPS) is 11.6. The molecule has 7 heteroatoms. The van der Waals surface area contributed by atoms with E-state index in [9.17, 15) is 13.2 Å². The summed E-state index contributed by atoms with van der Waals surface area (Å²) in [5.74, 6) is 0.162. The number of carbonyl (C=O) groups is 1. The Kier molecular flexibility index (Phi) is 6.26. The van der Waals surface area contributed by atoms with Crippen LogP contribution in [-0.4, -0.2) is 38.5 Å². The molecule has 0 bridgehead atoms. The van der Waals surface area contributed by atoms with Crippen molar-refractivity contribution in [2.45, 2.75) is 23.6 Å². The fraction of sp³-hybridized carbons (Fsp3) is 0.278. The Hall–Kier alpha value is -1.83. The zero-order valence-corrected chi connectivity index (χ0v) is 16.4. The van der Waals surface area contributed by atoms with Crippen LogP contribution < -0.4 is 5.32 Å². The third-order valence-corrected chi connectivity index (χ3v) is 6.61. The van der Waals surface area contributed by atoms with Crippen LogP contribution in [0, 0.1) is 13.8 Å². The molecule has 0 aliphatic heterocycles. The smallest absolute Gasteiger partial charge is 0.242 e. The number of anilines is 1. The molecule has 5 nitrogen and oxygen atoms in total. The molecule has 0 aromatic heterocycles. The van der Waals surface area contributed by atoms with Gasteiger partial charge in [0, 0.05) is 24.7 Å². The summed E-state index contributed by atoms with van der Waals surface area (Å²) in [6.45, 7) is 4.06.